The SMILES string of the molecule is O=[N+]([O-])c1cnccc1N[C@H]1CCOC1. The molecule has 1 fully saturated rings. The second-order valence-electron chi connectivity index (χ2n) is 3.35. The van der Waals surface area contributed by atoms with E-state index in [0.717, 1.165) is 6.42 Å². The first-order valence-corrected chi connectivity index (χ1v) is 4.70. The van der Waals surface area contributed by atoms with Crippen molar-refractivity contribution in [3.8, 4) is 0 Å². The molecule has 0 saturated carbocycles. The van der Waals surface area contributed by atoms with E-state index in [-0.39, 0.29) is 11.7 Å². The normalized spacial score (nSPS) is 20.1. The standard InChI is InChI=1S/C9H11N3O3/c13-12(14)9-5-10-3-1-8(9)11-7-2-4-15-6-7/h1,3,5,7H,2,4,6H2,(H,10,11)/t7-/m0/s1. The van der Waals surface area contributed by atoms with E-state index in [0.29, 0.717) is 18.9 Å². The number of aromatic nitrogens is 1. The molecule has 0 aromatic carbocycles. The average molecular weight is 209 g/mol. The predicted octanol–water partition coefficient (Wildman–Crippen LogP) is 1.19. The third-order valence-corrected chi connectivity index (χ3v) is 2.29. The highest BCUT2D eigenvalue weighted by Crippen LogP contribution is 2.24. The molecule has 0 spiro atoms. The average Bonchev–Trinajstić information content (AvgIpc) is 2.71. The second-order valence-corrected chi connectivity index (χ2v) is 3.35. The van der Waals surface area contributed by atoms with Crippen LogP contribution in [0, 0.1) is 10.1 Å². The van der Waals surface area contributed by atoms with Gasteiger partial charge in [-0.2, -0.15) is 0 Å². The van der Waals surface area contributed by atoms with E-state index in [1.807, 2.05) is 0 Å². The van der Waals surface area contributed by atoms with Crippen molar-refractivity contribution in [2.45, 2.75) is 12.5 Å². The number of nitro groups is 1. The topological polar surface area (TPSA) is 77.3 Å². The maximum Gasteiger partial charge on any atom is 0.310 e. The van der Waals surface area contributed by atoms with Crippen molar-refractivity contribution in [3.63, 3.8) is 0 Å². The van der Waals surface area contributed by atoms with E-state index in [1.165, 1.54) is 12.4 Å². The largest absolute Gasteiger partial charge is 0.379 e. The fourth-order valence-corrected chi connectivity index (χ4v) is 1.52. The molecule has 1 atom stereocenters. The second kappa shape index (κ2) is 4.22. The summed E-state index contributed by atoms with van der Waals surface area (Å²) in [6.07, 6.45) is 3.66. The lowest BCUT2D eigenvalue weighted by atomic mass is 10.2. The molecule has 2 heterocycles. The molecular weight excluding hydrogens is 198 g/mol. The van der Waals surface area contributed by atoms with Gasteiger partial charge in [0.2, 0.25) is 0 Å². The van der Waals surface area contributed by atoms with Crippen molar-refractivity contribution >= 4 is 11.4 Å². The molecule has 1 aromatic heterocycles. The quantitative estimate of drug-likeness (QED) is 0.597. The minimum Gasteiger partial charge on any atom is -0.379 e. The number of ether oxygens (including phenoxy) is 1. The van der Waals surface area contributed by atoms with Crippen LogP contribution in [-0.4, -0.2) is 29.2 Å². The van der Waals surface area contributed by atoms with Crippen molar-refractivity contribution < 1.29 is 9.66 Å². The van der Waals surface area contributed by atoms with Gasteiger partial charge in [-0.15, -0.1) is 0 Å². The molecular formula is C9H11N3O3. The lowest BCUT2D eigenvalue weighted by molar-refractivity contribution is -0.384. The molecule has 1 aromatic rings. The van der Waals surface area contributed by atoms with Crippen LogP contribution in [0.3, 0.4) is 0 Å². The van der Waals surface area contributed by atoms with Crippen molar-refractivity contribution in [1.29, 1.82) is 0 Å². The highest BCUT2D eigenvalue weighted by molar-refractivity contribution is 5.60. The summed E-state index contributed by atoms with van der Waals surface area (Å²) >= 11 is 0. The van der Waals surface area contributed by atoms with Gasteiger partial charge >= 0.3 is 5.69 Å². The van der Waals surface area contributed by atoms with Crippen LogP contribution in [0.2, 0.25) is 0 Å². The van der Waals surface area contributed by atoms with Gasteiger partial charge in [0.05, 0.1) is 17.6 Å². The first-order chi connectivity index (χ1) is 7.27. The van der Waals surface area contributed by atoms with Crippen molar-refractivity contribution in [2.75, 3.05) is 18.5 Å². The third kappa shape index (κ3) is 2.21. The van der Waals surface area contributed by atoms with Crippen LogP contribution in [0.5, 0.6) is 0 Å². The summed E-state index contributed by atoms with van der Waals surface area (Å²) in [6, 6.07) is 1.77. The molecule has 0 aliphatic carbocycles. The molecule has 2 rings (SSSR count). The van der Waals surface area contributed by atoms with Crippen LogP contribution in [0.15, 0.2) is 18.5 Å². The van der Waals surface area contributed by atoms with Crippen LogP contribution in [-0.2, 0) is 4.74 Å². The number of nitrogens with one attached hydrogen (secondary N) is 1. The third-order valence-electron chi connectivity index (χ3n) is 2.29. The van der Waals surface area contributed by atoms with Crippen LogP contribution in [0.4, 0.5) is 11.4 Å². The lowest BCUT2D eigenvalue weighted by Crippen LogP contribution is -2.19. The Balaban J connectivity index is 2.15. The van der Waals surface area contributed by atoms with E-state index in [4.69, 9.17) is 4.74 Å². The Bertz CT molecular complexity index is 363. The Morgan fingerprint density at radius 2 is 2.53 bits per heavy atom. The van der Waals surface area contributed by atoms with Crippen LogP contribution in [0.25, 0.3) is 0 Å². The van der Waals surface area contributed by atoms with Gasteiger partial charge in [0.1, 0.15) is 11.9 Å². The number of pyridine rings is 1. The zero-order valence-corrected chi connectivity index (χ0v) is 8.05. The van der Waals surface area contributed by atoms with Crippen LogP contribution >= 0.6 is 0 Å². The summed E-state index contributed by atoms with van der Waals surface area (Å²) < 4.78 is 5.18. The molecule has 1 N–H and O–H groups in total. The molecule has 80 valence electrons. The van der Waals surface area contributed by atoms with Gasteiger partial charge in [-0.1, -0.05) is 0 Å². The fraction of sp³-hybridized carbons (Fsp3) is 0.444. The number of hydrogen-bond donors (Lipinski definition) is 1. The first kappa shape index (κ1) is 9.85. The van der Waals surface area contributed by atoms with E-state index < -0.39 is 4.92 Å². The maximum absolute atomic E-state index is 10.7. The molecule has 0 bridgehead atoms. The zero-order valence-electron chi connectivity index (χ0n) is 8.05. The van der Waals surface area contributed by atoms with E-state index in [1.54, 1.807) is 6.07 Å². The minimum atomic E-state index is -0.439. The molecule has 1 aliphatic rings. The van der Waals surface area contributed by atoms with Crippen molar-refractivity contribution in [2.24, 2.45) is 0 Å². The Kier molecular flexibility index (Phi) is 2.77. The van der Waals surface area contributed by atoms with Gasteiger partial charge in [0.25, 0.3) is 0 Å². The summed E-state index contributed by atoms with van der Waals surface area (Å²) in [5.74, 6) is 0. The van der Waals surface area contributed by atoms with Gasteiger partial charge in [0.15, 0.2) is 0 Å². The molecule has 6 nitrogen and oxygen atoms in total. The van der Waals surface area contributed by atoms with Gasteiger partial charge in [0, 0.05) is 12.8 Å². The number of rotatable bonds is 3. The minimum absolute atomic E-state index is 0.00407. The molecule has 6 heteroatoms. The summed E-state index contributed by atoms with van der Waals surface area (Å²) in [7, 11) is 0. The van der Waals surface area contributed by atoms with Crippen LogP contribution in [0.1, 0.15) is 6.42 Å². The molecule has 0 radical (unpaired) electrons. The van der Waals surface area contributed by atoms with Crippen LogP contribution < -0.4 is 5.32 Å². The summed E-state index contributed by atoms with van der Waals surface area (Å²) in [5.41, 5.74) is 0.509. The Morgan fingerprint density at radius 1 is 1.67 bits per heavy atom. The Hall–Kier alpha value is -1.69. The van der Waals surface area contributed by atoms with Crippen molar-refractivity contribution in [3.05, 3.63) is 28.6 Å². The summed E-state index contributed by atoms with van der Waals surface area (Å²) in [5, 5.41) is 13.8. The van der Waals surface area contributed by atoms with Gasteiger partial charge in [-0.25, -0.2) is 0 Å². The van der Waals surface area contributed by atoms with Gasteiger partial charge in [-0.3, -0.25) is 15.1 Å². The van der Waals surface area contributed by atoms with Gasteiger partial charge in [-0.05, 0) is 12.5 Å². The molecule has 0 amide bonds. The van der Waals surface area contributed by atoms with E-state index >= 15 is 0 Å². The number of anilines is 1. The number of hydrogen-bond acceptors (Lipinski definition) is 5. The highest BCUT2D eigenvalue weighted by Gasteiger charge is 2.20. The Labute approximate surface area is 86.4 Å². The fourth-order valence-electron chi connectivity index (χ4n) is 1.52. The highest BCUT2D eigenvalue weighted by atomic mass is 16.6. The summed E-state index contributed by atoms with van der Waals surface area (Å²) in [4.78, 5) is 14.0. The smallest absolute Gasteiger partial charge is 0.310 e. The van der Waals surface area contributed by atoms with Gasteiger partial charge < -0.3 is 10.1 Å². The predicted molar refractivity (Wildman–Crippen MR) is 53.7 cm³/mol. The zero-order chi connectivity index (χ0) is 10.7. The number of nitrogens with zero attached hydrogens (tertiary/aromatic N) is 2. The van der Waals surface area contributed by atoms with E-state index in [2.05, 4.69) is 10.3 Å². The van der Waals surface area contributed by atoms with E-state index in [9.17, 15) is 10.1 Å². The monoisotopic (exact) mass is 209 g/mol. The lowest BCUT2D eigenvalue weighted by Gasteiger charge is -2.11. The maximum atomic E-state index is 10.7. The molecule has 1 aliphatic heterocycles. The molecule has 15 heavy (non-hydrogen) atoms. The Morgan fingerprint density at radius 3 is 3.20 bits per heavy atom. The van der Waals surface area contributed by atoms with Crippen molar-refractivity contribution in [1.82, 2.24) is 4.98 Å². The first-order valence-electron chi connectivity index (χ1n) is 4.70. The summed E-state index contributed by atoms with van der Waals surface area (Å²) in [6.45, 7) is 1.30. The molecule has 1 saturated heterocycles. The molecule has 0 unspecified atom stereocenters.